The Bertz CT molecular complexity index is 663. The summed E-state index contributed by atoms with van der Waals surface area (Å²) in [5.41, 5.74) is 7.75. The molecule has 0 radical (unpaired) electrons. The van der Waals surface area contributed by atoms with Crippen molar-refractivity contribution in [3.8, 4) is 0 Å². The van der Waals surface area contributed by atoms with Crippen LogP contribution in [0.25, 0.3) is 0 Å². The Hall–Kier alpha value is -0.850. The zero-order valence-corrected chi connectivity index (χ0v) is 15.2. The number of rotatable bonds is 4. The predicted molar refractivity (Wildman–Crippen MR) is 93.5 cm³/mol. The first kappa shape index (κ1) is 15.1. The van der Waals surface area contributed by atoms with Crippen LogP contribution in [-0.4, -0.2) is 16.8 Å². The van der Waals surface area contributed by atoms with E-state index in [9.17, 15) is 4.79 Å². The minimum absolute atomic E-state index is 0.0807. The Labute approximate surface area is 144 Å². The highest BCUT2D eigenvalue weighted by atomic mass is 79.9. The molecule has 0 bridgehead atoms. The molecule has 1 saturated carbocycles. The van der Waals surface area contributed by atoms with E-state index >= 15 is 0 Å². The summed E-state index contributed by atoms with van der Waals surface area (Å²) in [6, 6.07) is 9.95. The monoisotopic (exact) mass is 428 g/mol. The third kappa shape index (κ3) is 3.33. The molecule has 1 aliphatic rings. The molecule has 2 N–H and O–H groups in total. The summed E-state index contributed by atoms with van der Waals surface area (Å²) in [7, 11) is 0. The van der Waals surface area contributed by atoms with Crippen molar-refractivity contribution >= 4 is 54.8 Å². The van der Waals surface area contributed by atoms with Gasteiger partial charge in [0.1, 0.15) is 0 Å². The van der Waals surface area contributed by atoms with Crippen LogP contribution in [0.3, 0.4) is 0 Å². The second kappa shape index (κ2) is 6.10. The summed E-state index contributed by atoms with van der Waals surface area (Å²) in [4.78, 5) is 15.4. The minimum atomic E-state index is 0.0807. The van der Waals surface area contributed by atoms with Crippen molar-refractivity contribution in [2.75, 3.05) is 5.73 Å². The average Bonchev–Trinajstić information content (AvgIpc) is 3.24. The molecule has 0 unspecified atom stereocenters. The van der Waals surface area contributed by atoms with Gasteiger partial charge in [0.15, 0.2) is 0 Å². The molecule has 1 aromatic carbocycles. The average molecular weight is 430 g/mol. The zero-order valence-electron chi connectivity index (χ0n) is 11.2. The molecule has 1 heterocycles. The van der Waals surface area contributed by atoms with Crippen molar-refractivity contribution in [2.24, 2.45) is 0 Å². The number of anilines is 1. The lowest BCUT2D eigenvalue weighted by Crippen LogP contribution is -2.32. The molecular weight excluding hydrogens is 416 g/mol. The summed E-state index contributed by atoms with van der Waals surface area (Å²) in [5.74, 6) is 0.0807. The number of nitrogens with two attached hydrogens (primary N) is 1. The van der Waals surface area contributed by atoms with E-state index in [2.05, 4.69) is 31.9 Å². The van der Waals surface area contributed by atoms with Gasteiger partial charge >= 0.3 is 0 Å². The van der Waals surface area contributed by atoms with Crippen LogP contribution in [0, 0.1) is 0 Å². The maximum absolute atomic E-state index is 12.8. The topological polar surface area (TPSA) is 46.3 Å². The van der Waals surface area contributed by atoms with Crippen LogP contribution < -0.4 is 5.73 Å². The molecule has 21 heavy (non-hydrogen) atoms. The van der Waals surface area contributed by atoms with E-state index in [0.29, 0.717) is 12.6 Å². The number of amides is 1. The van der Waals surface area contributed by atoms with Gasteiger partial charge in [0.25, 0.3) is 5.91 Å². The standard InChI is InChI=1S/C15H14Br2N2OS/c16-11-7-13(21-14(11)17)15(20)19(10-5-6-10)8-9-3-1-2-4-12(9)18/h1-4,7,10H,5-6,8,18H2. The van der Waals surface area contributed by atoms with E-state index in [1.165, 1.54) is 11.3 Å². The van der Waals surface area contributed by atoms with Crippen molar-refractivity contribution in [2.45, 2.75) is 25.4 Å². The van der Waals surface area contributed by atoms with Gasteiger partial charge in [-0.2, -0.15) is 0 Å². The lowest BCUT2D eigenvalue weighted by Gasteiger charge is -2.22. The van der Waals surface area contributed by atoms with Crippen LogP contribution in [0.4, 0.5) is 5.69 Å². The van der Waals surface area contributed by atoms with Gasteiger partial charge in [-0.1, -0.05) is 18.2 Å². The van der Waals surface area contributed by atoms with Crippen molar-refractivity contribution < 1.29 is 4.79 Å². The Balaban J connectivity index is 1.85. The number of para-hydroxylation sites is 1. The number of thiophene rings is 1. The van der Waals surface area contributed by atoms with Gasteiger partial charge in [0.2, 0.25) is 0 Å². The summed E-state index contributed by atoms with van der Waals surface area (Å²) >= 11 is 8.34. The van der Waals surface area contributed by atoms with Crippen LogP contribution >= 0.6 is 43.2 Å². The highest BCUT2D eigenvalue weighted by Crippen LogP contribution is 2.36. The molecular formula is C15H14Br2N2OS. The van der Waals surface area contributed by atoms with Crippen LogP contribution in [0.15, 0.2) is 38.6 Å². The molecule has 0 saturated heterocycles. The second-order valence-corrected chi connectivity index (χ2v) is 8.32. The van der Waals surface area contributed by atoms with Gasteiger partial charge < -0.3 is 10.6 Å². The first-order valence-electron chi connectivity index (χ1n) is 6.65. The second-order valence-electron chi connectivity index (χ2n) is 5.10. The number of carbonyl (C=O) groups excluding carboxylic acids is 1. The van der Waals surface area contributed by atoms with Crippen molar-refractivity contribution in [3.63, 3.8) is 0 Å². The molecule has 1 amide bonds. The third-order valence-corrected chi connectivity index (χ3v) is 6.74. The van der Waals surface area contributed by atoms with Crippen LogP contribution in [0.1, 0.15) is 28.1 Å². The Kier molecular flexibility index (Phi) is 4.38. The largest absolute Gasteiger partial charge is 0.398 e. The molecule has 1 aliphatic carbocycles. The quantitative estimate of drug-likeness (QED) is 0.718. The molecule has 6 heteroatoms. The first-order valence-corrected chi connectivity index (χ1v) is 9.05. The Morgan fingerprint density at radius 1 is 1.33 bits per heavy atom. The van der Waals surface area contributed by atoms with Crippen molar-refractivity contribution in [3.05, 3.63) is 49.0 Å². The lowest BCUT2D eigenvalue weighted by molar-refractivity contribution is 0.0735. The van der Waals surface area contributed by atoms with Gasteiger partial charge in [-0.05, 0) is 62.4 Å². The maximum Gasteiger partial charge on any atom is 0.264 e. The van der Waals surface area contributed by atoms with Crippen LogP contribution in [-0.2, 0) is 6.54 Å². The first-order chi connectivity index (χ1) is 10.1. The molecule has 3 nitrogen and oxygen atoms in total. The van der Waals surface area contributed by atoms with Gasteiger partial charge in [0.05, 0.1) is 8.66 Å². The molecule has 0 spiro atoms. The number of halogens is 2. The normalized spacial score (nSPS) is 14.2. The minimum Gasteiger partial charge on any atom is -0.398 e. The number of carbonyl (C=O) groups is 1. The molecule has 0 atom stereocenters. The summed E-state index contributed by atoms with van der Waals surface area (Å²) in [5, 5.41) is 0. The summed E-state index contributed by atoms with van der Waals surface area (Å²) in [6.45, 7) is 0.573. The van der Waals surface area contributed by atoms with Crippen molar-refractivity contribution in [1.29, 1.82) is 0 Å². The van der Waals surface area contributed by atoms with Crippen LogP contribution in [0.5, 0.6) is 0 Å². The fourth-order valence-corrected chi connectivity index (χ4v) is 4.20. The van der Waals surface area contributed by atoms with E-state index < -0.39 is 0 Å². The summed E-state index contributed by atoms with van der Waals surface area (Å²) in [6.07, 6.45) is 2.15. The van der Waals surface area contributed by atoms with Gasteiger partial charge in [-0.15, -0.1) is 11.3 Å². The van der Waals surface area contributed by atoms with E-state index in [4.69, 9.17) is 5.73 Å². The van der Waals surface area contributed by atoms with Gasteiger partial charge in [-0.25, -0.2) is 0 Å². The Morgan fingerprint density at radius 3 is 2.62 bits per heavy atom. The maximum atomic E-state index is 12.8. The number of hydrogen-bond acceptors (Lipinski definition) is 3. The van der Waals surface area contributed by atoms with Gasteiger partial charge in [0, 0.05) is 22.7 Å². The van der Waals surface area contributed by atoms with E-state index in [0.717, 1.165) is 37.2 Å². The Morgan fingerprint density at radius 2 is 2.05 bits per heavy atom. The lowest BCUT2D eigenvalue weighted by atomic mass is 10.1. The number of nitrogen functional groups attached to an aromatic ring is 1. The highest BCUT2D eigenvalue weighted by molar-refractivity contribution is 9.13. The smallest absolute Gasteiger partial charge is 0.264 e. The zero-order chi connectivity index (χ0) is 15.0. The number of hydrogen-bond donors (Lipinski definition) is 1. The van der Waals surface area contributed by atoms with Gasteiger partial charge in [-0.3, -0.25) is 4.79 Å². The fourth-order valence-electron chi connectivity index (χ4n) is 2.21. The third-order valence-electron chi connectivity index (χ3n) is 3.50. The molecule has 2 aromatic rings. The number of nitrogens with zero attached hydrogens (tertiary/aromatic N) is 1. The molecule has 1 fully saturated rings. The molecule has 1 aromatic heterocycles. The highest BCUT2D eigenvalue weighted by Gasteiger charge is 2.34. The summed E-state index contributed by atoms with van der Waals surface area (Å²) < 4.78 is 1.87. The predicted octanol–water partition coefficient (Wildman–Crippen LogP) is 4.66. The van der Waals surface area contributed by atoms with Crippen LogP contribution in [0.2, 0.25) is 0 Å². The van der Waals surface area contributed by atoms with E-state index in [1.54, 1.807) is 0 Å². The molecule has 3 rings (SSSR count). The van der Waals surface area contributed by atoms with E-state index in [1.807, 2.05) is 35.2 Å². The van der Waals surface area contributed by atoms with Crippen molar-refractivity contribution in [1.82, 2.24) is 4.90 Å². The fraction of sp³-hybridized carbons (Fsp3) is 0.267. The SMILES string of the molecule is Nc1ccccc1CN(C(=O)c1cc(Br)c(Br)s1)C1CC1. The van der Waals surface area contributed by atoms with E-state index in [-0.39, 0.29) is 5.91 Å². The molecule has 0 aliphatic heterocycles. The number of benzene rings is 1. The molecule has 110 valence electrons.